The van der Waals surface area contributed by atoms with Crippen molar-refractivity contribution in [2.45, 2.75) is 0 Å². The summed E-state index contributed by atoms with van der Waals surface area (Å²) in [6, 6.07) is 15.8. The normalized spacial score (nSPS) is 13.8. The van der Waals surface area contributed by atoms with Crippen LogP contribution in [0.2, 0.25) is 0 Å². The van der Waals surface area contributed by atoms with E-state index in [9.17, 15) is 4.79 Å². The number of nitrogens with one attached hydrogen (secondary N) is 1. The van der Waals surface area contributed by atoms with Crippen molar-refractivity contribution in [1.29, 1.82) is 0 Å². The summed E-state index contributed by atoms with van der Waals surface area (Å²) in [4.78, 5) is 11.3. The highest BCUT2D eigenvalue weighted by Crippen LogP contribution is 2.29. The van der Waals surface area contributed by atoms with Gasteiger partial charge in [-0.15, -0.1) is 0 Å². The first kappa shape index (κ1) is 11.5. The fourth-order valence-electron chi connectivity index (χ4n) is 1.96. The van der Waals surface area contributed by atoms with Gasteiger partial charge in [-0.1, -0.05) is 48.6 Å². The summed E-state index contributed by atoms with van der Waals surface area (Å²) in [7, 11) is 0. The summed E-state index contributed by atoms with van der Waals surface area (Å²) in [6.45, 7) is 0.0895. The fourth-order valence-corrected chi connectivity index (χ4v) is 1.96. The molecule has 0 aromatic heterocycles. The van der Waals surface area contributed by atoms with Gasteiger partial charge in [0, 0.05) is 0 Å². The quantitative estimate of drug-likeness (QED) is 0.832. The minimum Gasteiger partial charge on any atom is -0.482 e. The summed E-state index contributed by atoms with van der Waals surface area (Å²) < 4.78 is 5.32. The molecule has 0 radical (unpaired) electrons. The lowest BCUT2D eigenvalue weighted by Gasteiger charge is -2.17. The van der Waals surface area contributed by atoms with Crippen molar-refractivity contribution in [2.75, 3.05) is 11.9 Å². The molecule has 19 heavy (non-hydrogen) atoms. The van der Waals surface area contributed by atoms with E-state index < -0.39 is 0 Å². The van der Waals surface area contributed by atoms with Gasteiger partial charge < -0.3 is 10.1 Å². The van der Waals surface area contributed by atoms with Crippen LogP contribution in [0.25, 0.3) is 12.2 Å². The van der Waals surface area contributed by atoms with Crippen molar-refractivity contribution < 1.29 is 9.53 Å². The van der Waals surface area contributed by atoms with E-state index in [0.717, 1.165) is 22.6 Å². The monoisotopic (exact) mass is 251 g/mol. The minimum absolute atomic E-state index is 0.0895. The first-order chi connectivity index (χ1) is 9.31. The predicted molar refractivity (Wildman–Crippen MR) is 75.9 cm³/mol. The topological polar surface area (TPSA) is 38.3 Å². The van der Waals surface area contributed by atoms with Crippen LogP contribution in [0.1, 0.15) is 11.1 Å². The van der Waals surface area contributed by atoms with Crippen LogP contribution in [0.3, 0.4) is 0 Å². The van der Waals surface area contributed by atoms with E-state index >= 15 is 0 Å². The van der Waals surface area contributed by atoms with Gasteiger partial charge >= 0.3 is 0 Å². The second-order valence-corrected chi connectivity index (χ2v) is 4.34. The van der Waals surface area contributed by atoms with Crippen molar-refractivity contribution in [3.05, 3.63) is 59.7 Å². The summed E-state index contributed by atoms with van der Waals surface area (Å²) in [5, 5.41) is 2.80. The van der Waals surface area contributed by atoms with Gasteiger partial charge in [-0.2, -0.15) is 0 Å². The number of carbonyl (C=O) groups excluding carboxylic acids is 1. The molecule has 1 amide bonds. The smallest absolute Gasteiger partial charge is 0.262 e. The predicted octanol–water partition coefficient (Wildman–Crippen LogP) is 3.19. The third kappa shape index (κ3) is 2.65. The van der Waals surface area contributed by atoms with Gasteiger partial charge in [0.25, 0.3) is 5.91 Å². The maximum atomic E-state index is 11.3. The van der Waals surface area contributed by atoms with Gasteiger partial charge in [0.2, 0.25) is 0 Å². The standard InChI is InChI=1S/C16H13NO2/c18-16-11-19-15-9-8-13(10-14(15)17-16)7-6-12-4-2-1-3-5-12/h1-10H,11H2,(H,17,18). The molecule has 0 saturated carbocycles. The third-order valence-electron chi connectivity index (χ3n) is 2.90. The van der Waals surface area contributed by atoms with E-state index in [1.807, 2.05) is 60.7 Å². The molecule has 3 rings (SSSR count). The van der Waals surface area contributed by atoms with Crippen LogP contribution in [0.15, 0.2) is 48.5 Å². The largest absolute Gasteiger partial charge is 0.482 e. The number of carbonyl (C=O) groups is 1. The van der Waals surface area contributed by atoms with E-state index in [-0.39, 0.29) is 12.5 Å². The number of fused-ring (bicyclic) bond motifs is 1. The highest BCUT2D eigenvalue weighted by Gasteiger charge is 2.15. The zero-order valence-corrected chi connectivity index (χ0v) is 10.3. The SMILES string of the molecule is O=C1COc2ccc(C=Cc3ccccc3)cc2N1. The van der Waals surface area contributed by atoms with Gasteiger partial charge in [0.1, 0.15) is 5.75 Å². The van der Waals surface area contributed by atoms with Crippen molar-refractivity contribution in [3.8, 4) is 5.75 Å². The maximum absolute atomic E-state index is 11.3. The van der Waals surface area contributed by atoms with Crippen LogP contribution < -0.4 is 10.1 Å². The number of anilines is 1. The van der Waals surface area contributed by atoms with Crippen LogP contribution in [0.5, 0.6) is 5.75 Å². The van der Waals surface area contributed by atoms with Crippen molar-refractivity contribution in [3.63, 3.8) is 0 Å². The Morgan fingerprint density at radius 3 is 2.63 bits per heavy atom. The molecule has 1 N–H and O–H groups in total. The molecular formula is C16H13NO2. The minimum atomic E-state index is -0.114. The zero-order valence-electron chi connectivity index (χ0n) is 10.3. The van der Waals surface area contributed by atoms with Gasteiger partial charge in [-0.25, -0.2) is 0 Å². The van der Waals surface area contributed by atoms with Crippen LogP contribution in [-0.2, 0) is 4.79 Å². The number of hydrogen-bond donors (Lipinski definition) is 1. The molecule has 1 heterocycles. The average Bonchev–Trinajstić information content (AvgIpc) is 2.46. The van der Waals surface area contributed by atoms with Crippen molar-refractivity contribution in [1.82, 2.24) is 0 Å². The second-order valence-electron chi connectivity index (χ2n) is 4.34. The van der Waals surface area contributed by atoms with Crippen molar-refractivity contribution >= 4 is 23.7 Å². The van der Waals surface area contributed by atoms with Gasteiger partial charge in [-0.05, 0) is 23.3 Å². The van der Waals surface area contributed by atoms with Gasteiger partial charge in [0.05, 0.1) is 5.69 Å². The Balaban J connectivity index is 1.84. The molecular weight excluding hydrogens is 238 g/mol. The van der Waals surface area contributed by atoms with Gasteiger partial charge in [0.15, 0.2) is 6.61 Å². The third-order valence-corrected chi connectivity index (χ3v) is 2.90. The highest BCUT2D eigenvalue weighted by molar-refractivity contribution is 5.95. The van der Waals surface area contributed by atoms with E-state index in [1.54, 1.807) is 0 Å². The molecule has 2 aromatic rings. The molecule has 2 aromatic carbocycles. The second kappa shape index (κ2) is 4.98. The highest BCUT2D eigenvalue weighted by atomic mass is 16.5. The molecule has 3 nitrogen and oxygen atoms in total. The summed E-state index contributed by atoms with van der Waals surface area (Å²) in [5.74, 6) is 0.605. The Morgan fingerprint density at radius 2 is 1.79 bits per heavy atom. The van der Waals surface area contributed by atoms with E-state index in [4.69, 9.17) is 4.74 Å². The molecule has 0 fully saturated rings. The van der Waals surface area contributed by atoms with Crippen LogP contribution in [0.4, 0.5) is 5.69 Å². The molecule has 0 aliphatic carbocycles. The first-order valence-electron chi connectivity index (χ1n) is 6.11. The number of benzene rings is 2. The van der Waals surface area contributed by atoms with Crippen LogP contribution in [0, 0.1) is 0 Å². The Bertz CT molecular complexity index is 632. The van der Waals surface area contributed by atoms with Crippen LogP contribution in [-0.4, -0.2) is 12.5 Å². The van der Waals surface area contributed by atoms with Gasteiger partial charge in [-0.3, -0.25) is 4.79 Å². The number of ether oxygens (including phenoxy) is 1. The number of hydrogen-bond acceptors (Lipinski definition) is 2. The molecule has 94 valence electrons. The molecule has 3 heteroatoms. The fraction of sp³-hybridized carbons (Fsp3) is 0.0625. The Labute approximate surface area is 111 Å². The zero-order chi connectivity index (χ0) is 13.1. The average molecular weight is 251 g/mol. The summed E-state index contributed by atoms with van der Waals surface area (Å²) in [5.41, 5.74) is 2.89. The molecule has 0 bridgehead atoms. The Hall–Kier alpha value is -2.55. The molecule has 1 aliphatic rings. The molecule has 0 spiro atoms. The van der Waals surface area contributed by atoms with E-state index in [1.165, 1.54) is 0 Å². The van der Waals surface area contributed by atoms with E-state index in [2.05, 4.69) is 5.32 Å². The maximum Gasteiger partial charge on any atom is 0.262 e. The van der Waals surface area contributed by atoms with Crippen LogP contribution >= 0.6 is 0 Å². The number of amides is 1. The molecule has 0 saturated heterocycles. The number of rotatable bonds is 2. The van der Waals surface area contributed by atoms with Crippen molar-refractivity contribution in [2.24, 2.45) is 0 Å². The molecule has 0 atom stereocenters. The molecule has 0 unspecified atom stereocenters. The summed E-state index contributed by atoms with van der Waals surface area (Å²) in [6.07, 6.45) is 4.05. The lowest BCUT2D eigenvalue weighted by atomic mass is 10.1. The lowest BCUT2D eigenvalue weighted by Crippen LogP contribution is -2.25. The van der Waals surface area contributed by atoms with E-state index in [0.29, 0.717) is 0 Å². The summed E-state index contributed by atoms with van der Waals surface area (Å²) >= 11 is 0. The first-order valence-corrected chi connectivity index (χ1v) is 6.11. The Kier molecular flexibility index (Phi) is 3.02. The molecule has 1 aliphatic heterocycles. The Morgan fingerprint density at radius 1 is 1.00 bits per heavy atom. The lowest BCUT2D eigenvalue weighted by molar-refractivity contribution is -0.118.